The van der Waals surface area contributed by atoms with Gasteiger partial charge in [-0.1, -0.05) is 17.7 Å². The summed E-state index contributed by atoms with van der Waals surface area (Å²) in [7, 11) is 0. The molecule has 1 unspecified atom stereocenters. The molecule has 0 fully saturated rings. The van der Waals surface area contributed by atoms with Gasteiger partial charge < -0.3 is 0 Å². The fourth-order valence-electron chi connectivity index (χ4n) is 1.82. The van der Waals surface area contributed by atoms with E-state index in [4.69, 9.17) is 17.4 Å². The third kappa shape index (κ3) is 2.89. The average molecular weight is 287 g/mol. The number of nitrogens with two attached hydrogens (primary N) is 1. The van der Waals surface area contributed by atoms with E-state index < -0.39 is 23.5 Å². The first kappa shape index (κ1) is 13.9. The number of hydrogen-bond acceptors (Lipinski definition) is 2. The molecule has 0 heterocycles. The number of hydrazine groups is 1. The molecule has 0 saturated heterocycles. The third-order valence-corrected chi connectivity index (χ3v) is 3.04. The molecule has 0 aliphatic carbocycles. The molecule has 0 aliphatic rings. The van der Waals surface area contributed by atoms with E-state index in [2.05, 4.69) is 5.43 Å². The van der Waals surface area contributed by atoms with Crippen molar-refractivity contribution in [3.63, 3.8) is 0 Å². The van der Waals surface area contributed by atoms with E-state index in [1.807, 2.05) is 0 Å². The van der Waals surface area contributed by atoms with Gasteiger partial charge in [0.05, 0.1) is 6.04 Å². The highest BCUT2D eigenvalue weighted by Gasteiger charge is 2.20. The zero-order chi connectivity index (χ0) is 14.0. The molecule has 19 heavy (non-hydrogen) atoms. The maximum Gasteiger partial charge on any atom is 0.128 e. The summed E-state index contributed by atoms with van der Waals surface area (Å²) in [5, 5.41) is 0.0756. The van der Waals surface area contributed by atoms with Crippen LogP contribution in [0.2, 0.25) is 5.02 Å². The second-order valence-electron chi connectivity index (χ2n) is 3.93. The van der Waals surface area contributed by atoms with Gasteiger partial charge in [0, 0.05) is 10.6 Å². The molecule has 0 saturated carbocycles. The Morgan fingerprint density at radius 2 is 1.58 bits per heavy atom. The van der Waals surface area contributed by atoms with Gasteiger partial charge in [-0.2, -0.15) is 0 Å². The van der Waals surface area contributed by atoms with Crippen molar-refractivity contribution >= 4 is 11.6 Å². The number of halogens is 4. The van der Waals surface area contributed by atoms with Crippen LogP contribution < -0.4 is 11.3 Å². The van der Waals surface area contributed by atoms with Crippen molar-refractivity contribution in [2.45, 2.75) is 6.04 Å². The Morgan fingerprint density at radius 1 is 0.947 bits per heavy atom. The first-order valence-corrected chi connectivity index (χ1v) is 5.76. The predicted molar refractivity (Wildman–Crippen MR) is 66.9 cm³/mol. The molecule has 2 aromatic rings. The minimum absolute atomic E-state index is 0.00370. The van der Waals surface area contributed by atoms with E-state index in [1.165, 1.54) is 12.1 Å². The molecule has 1 atom stereocenters. The van der Waals surface area contributed by atoms with Gasteiger partial charge in [0.1, 0.15) is 17.5 Å². The lowest BCUT2D eigenvalue weighted by atomic mass is 9.98. The molecule has 0 bridgehead atoms. The van der Waals surface area contributed by atoms with Crippen LogP contribution in [-0.2, 0) is 0 Å². The molecule has 3 N–H and O–H groups in total. The lowest BCUT2D eigenvalue weighted by Gasteiger charge is -2.19. The van der Waals surface area contributed by atoms with Crippen molar-refractivity contribution in [1.82, 2.24) is 5.43 Å². The highest BCUT2D eigenvalue weighted by molar-refractivity contribution is 6.31. The Bertz CT molecular complexity index is 604. The van der Waals surface area contributed by atoms with E-state index in [0.717, 1.165) is 24.3 Å². The summed E-state index contributed by atoms with van der Waals surface area (Å²) in [4.78, 5) is 0. The molecule has 2 rings (SSSR count). The Morgan fingerprint density at radius 3 is 2.21 bits per heavy atom. The Kier molecular flexibility index (Phi) is 4.09. The van der Waals surface area contributed by atoms with Gasteiger partial charge in [-0.05, 0) is 35.9 Å². The number of hydrogen-bond donors (Lipinski definition) is 2. The quantitative estimate of drug-likeness (QED) is 0.671. The third-order valence-electron chi connectivity index (χ3n) is 2.71. The number of rotatable bonds is 3. The van der Waals surface area contributed by atoms with Crippen LogP contribution in [0.15, 0.2) is 36.4 Å². The standard InChI is InChI=1S/C13H10ClF3N2/c14-11-6-8(16)1-3-9(11)13(19-18)10-5-7(15)2-4-12(10)17/h1-6,13,19H,18H2. The summed E-state index contributed by atoms with van der Waals surface area (Å²) < 4.78 is 39.9. The topological polar surface area (TPSA) is 38.0 Å². The zero-order valence-electron chi connectivity index (χ0n) is 9.63. The zero-order valence-corrected chi connectivity index (χ0v) is 10.4. The number of benzene rings is 2. The Hall–Kier alpha value is -1.56. The van der Waals surface area contributed by atoms with Crippen LogP contribution in [0.3, 0.4) is 0 Å². The van der Waals surface area contributed by atoms with Gasteiger partial charge in [-0.3, -0.25) is 5.84 Å². The second-order valence-corrected chi connectivity index (χ2v) is 4.34. The van der Waals surface area contributed by atoms with E-state index in [9.17, 15) is 13.2 Å². The monoisotopic (exact) mass is 286 g/mol. The molecule has 2 nitrogen and oxygen atoms in total. The van der Waals surface area contributed by atoms with E-state index >= 15 is 0 Å². The summed E-state index contributed by atoms with van der Waals surface area (Å²) in [5.41, 5.74) is 2.70. The van der Waals surface area contributed by atoms with Crippen LogP contribution in [0.1, 0.15) is 17.2 Å². The first-order valence-electron chi connectivity index (χ1n) is 5.39. The van der Waals surface area contributed by atoms with Crippen LogP contribution in [0.5, 0.6) is 0 Å². The molecule has 100 valence electrons. The van der Waals surface area contributed by atoms with Gasteiger partial charge in [-0.25, -0.2) is 18.6 Å². The smallest absolute Gasteiger partial charge is 0.128 e. The maximum atomic E-state index is 13.7. The molecular weight excluding hydrogens is 277 g/mol. The van der Waals surface area contributed by atoms with Gasteiger partial charge in [0.2, 0.25) is 0 Å². The molecular formula is C13H10ClF3N2. The largest absolute Gasteiger partial charge is 0.271 e. The minimum Gasteiger partial charge on any atom is -0.271 e. The lowest BCUT2D eigenvalue weighted by molar-refractivity contribution is 0.544. The van der Waals surface area contributed by atoms with E-state index in [0.29, 0.717) is 5.56 Å². The lowest BCUT2D eigenvalue weighted by Crippen LogP contribution is -2.30. The summed E-state index contributed by atoms with van der Waals surface area (Å²) in [6, 6.07) is 5.75. The molecule has 2 aromatic carbocycles. The molecule has 0 aromatic heterocycles. The summed E-state index contributed by atoms with van der Waals surface area (Å²) >= 11 is 5.89. The van der Waals surface area contributed by atoms with Gasteiger partial charge in [-0.15, -0.1) is 0 Å². The van der Waals surface area contributed by atoms with Crippen molar-refractivity contribution < 1.29 is 13.2 Å². The van der Waals surface area contributed by atoms with Crippen molar-refractivity contribution in [2.24, 2.45) is 5.84 Å². The van der Waals surface area contributed by atoms with Gasteiger partial charge in [0.25, 0.3) is 0 Å². The average Bonchev–Trinajstić information content (AvgIpc) is 2.36. The van der Waals surface area contributed by atoms with Crippen LogP contribution in [0, 0.1) is 17.5 Å². The van der Waals surface area contributed by atoms with Crippen molar-refractivity contribution in [1.29, 1.82) is 0 Å². The molecule has 0 amide bonds. The van der Waals surface area contributed by atoms with E-state index in [-0.39, 0.29) is 10.6 Å². The van der Waals surface area contributed by atoms with Gasteiger partial charge >= 0.3 is 0 Å². The van der Waals surface area contributed by atoms with Crippen LogP contribution in [0.4, 0.5) is 13.2 Å². The molecule has 0 aliphatic heterocycles. The van der Waals surface area contributed by atoms with Crippen LogP contribution in [0.25, 0.3) is 0 Å². The Balaban J connectivity index is 2.52. The van der Waals surface area contributed by atoms with Crippen molar-refractivity contribution in [3.05, 3.63) is 70.0 Å². The predicted octanol–water partition coefficient (Wildman–Crippen LogP) is 3.31. The molecule has 0 spiro atoms. The summed E-state index contributed by atoms with van der Waals surface area (Å²) in [5.74, 6) is 3.61. The van der Waals surface area contributed by atoms with Crippen molar-refractivity contribution in [2.75, 3.05) is 0 Å². The van der Waals surface area contributed by atoms with Crippen LogP contribution >= 0.6 is 11.6 Å². The van der Waals surface area contributed by atoms with Gasteiger partial charge in [0.15, 0.2) is 0 Å². The highest BCUT2D eigenvalue weighted by Crippen LogP contribution is 2.30. The second kappa shape index (κ2) is 5.61. The molecule has 6 heteroatoms. The fraction of sp³-hybridized carbons (Fsp3) is 0.0769. The first-order chi connectivity index (χ1) is 9.02. The van der Waals surface area contributed by atoms with Crippen LogP contribution in [-0.4, -0.2) is 0 Å². The van der Waals surface area contributed by atoms with Crippen molar-refractivity contribution in [3.8, 4) is 0 Å². The van der Waals surface area contributed by atoms with E-state index in [1.54, 1.807) is 0 Å². The normalized spacial score (nSPS) is 12.5. The minimum atomic E-state index is -0.871. The highest BCUT2D eigenvalue weighted by atomic mass is 35.5. The summed E-state index contributed by atoms with van der Waals surface area (Å²) in [6.45, 7) is 0. The fourth-order valence-corrected chi connectivity index (χ4v) is 2.09. The maximum absolute atomic E-state index is 13.7. The SMILES string of the molecule is NNC(c1cc(F)ccc1F)c1ccc(F)cc1Cl. The summed E-state index contributed by atoms with van der Waals surface area (Å²) in [6.07, 6.45) is 0. The molecule has 0 radical (unpaired) electrons. The number of nitrogens with one attached hydrogen (secondary N) is 1. The Labute approximate surface area is 113 Å².